The second kappa shape index (κ2) is 5.27. The predicted octanol–water partition coefficient (Wildman–Crippen LogP) is 1.89. The number of nitrogen functional groups attached to an aromatic ring is 1. The lowest BCUT2D eigenvalue weighted by atomic mass is 10.1. The van der Waals surface area contributed by atoms with Crippen molar-refractivity contribution in [3.63, 3.8) is 0 Å². The van der Waals surface area contributed by atoms with Gasteiger partial charge in [-0.1, -0.05) is 13.8 Å². The van der Waals surface area contributed by atoms with Gasteiger partial charge in [0.2, 0.25) is 0 Å². The fourth-order valence-corrected chi connectivity index (χ4v) is 2.32. The van der Waals surface area contributed by atoms with Crippen LogP contribution in [0.15, 0.2) is 0 Å². The van der Waals surface area contributed by atoms with E-state index in [1.54, 1.807) is 0 Å². The monoisotopic (exact) mass is 257 g/mol. The molecule has 1 aromatic heterocycles. The molecule has 5 N–H and O–H groups in total. The van der Waals surface area contributed by atoms with Crippen LogP contribution >= 0.6 is 11.3 Å². The fraction of sp³-hybridized carbons (Fsp3) is 0.545. The summed E-state index contributed by atoms with van der Waals surface area (Å²) in [4.78, 5) is 11.5. The van der Waals surface area contributed by atoms with E-state index in [1.807, 2.05) is 0 Å². The Kier molecular flexibility index (Phi) is 4.22. The molecule has 0 aliphatic rings. The minimum Gasteiger partial charge on any atom is -0.492 e. The number of ether oxygens (including phenoxy) is 1. The number of carbonyl (C=O) groups excluding carboxylic acids is 1. The van der Waals surface area contributed by atoms with Crippen LogP contribution in [0, 0.1) is 5.92 Å². The highest BCUT2D eigenvalue weighted by Gasteiger charge is 2.21. The standard InChI is InChI=1S/C11H19N3O2S/c1-5(2)6(3)14-11-8(16-4)7(12)9(17-11)10(13)15/h5-6,14H,12H2,1-4H3,(H2,13,15). The molecule has 1 amide bonds. The number of methoxy groups -OCH3 is 1. The SMILES string of the molecule is COc1c(NC(C)C(C)C)sc(C(N)=O)c1N. The number of anilines is 2. The van der Waals surface area contributed by atoms with Crippen molar-refractivity contribution in [2.75, 3.05) is 18.2 Å². The van der Waals surface area contributed by atoms with Gasteiger partial charge in [-0.25, -0.2) is 0 Å². The lowest BCUT2D eigenvalue weighted by Gasteiger charge is -2.18. The Morgan fingerprint density at radius 2 is 2.00 bits per heavy atom. The second-order valence-corrected chi connectivity index (χ2v) is 5.27. The van der Waals surface area contributed by atoms with E-state index in [0.29, 0.717) is 22.2 Å². The summed E-state index contributed by atoms with van der Waals surface area (Å²) in [6.45, 7) is 6.27. The summed E-state index contributed by atoms with van der Waals surface area (Å²) in [5, 5.41) is 4.03. The first-order valence-corrected chi connectivity index (χ1v) is 6.22. The molecule has 96 valence electrons. The molecule has 0 spiro atoms. The third-order valence-corrected chi connectivity index (χ3v) is 3.82. The van der Waals surface area contributed by atoms with E-state index in [0.717, 1.165) is 5.00 Å². The van der Waals surface area contributed by atoms with E-state index in [-0.39, 0.29) is 6.04 Å². The summed E-state index contributed by atoms with van der Waals surface area (Å²) in [5.74, 6) is 0.424. The molecular weight excluding hydrogens is 238 g/mol. The number of primary amides is 1. The van der Waals surface area contributed by atoms with E-state index in [2.05, 4.69) is 26.1 Å². The molecule has 0 bridgehead atoms. The van der Waals surface area contributed by atoms with Gasteiger partial charge in [0.05, 0.1) is 7.11 Å². The molecule has 1 atom stereocenters. The van der Waals surface area contributed by atoms with Crippen LogP contribution in [0.2, 0.25) is 0 Å². The van der Waals surface area contributed by atoms with Gasteiger partial charge in [0.25, 0.3) is 5.91 Å². The molecule has 0 aliphatic carbocycles. The van der Waals surface area contributed by atoms with Gasteiger partial charge in [-0.2, -0.15) is 0 Å². The maximum Gasteiger partial charge on any atom is 0.261 e. The van der Waals surface area contributed by atoms with Crippen LogP contribution in [0.1, 0.15) is 30.4 Å². The summed E-state index contributed by atoms with van der Waals surface area (Å²) in [6, 6.07) is 0.252. The van der Waals surface area contributed by atoms with Crippen LogP contribution in [0.25, 0.3) is 0 Å². The second-order valence-electron chi connectivity index (χ2n) is 4.25. The number of nitrogens with one attached hydrogen (secondary N) is 1. The summed E-state index contributed by atoms with van der Waals surface area (Å²) in [5.41, 5.74) is 11.4. The van der Waals surface area contributed by atoms with Crippen LogP contribution in [-0.2, 0) is 0 Å². The molecule has 17 heavy (non-hydrogen) atoms. The quantitative estimate of drug-likeness (QED) is 0.751. The zero-order valence-electron chi connectivity index (χ0n) is 10.5. The Balaban J connectivity index is 3.07. The average Bonchev–Trinajstić information content (AvgIpc) is 2.54. The Hall–Kier alpha value is -1.43. The number of thiophene rings is 1. The first-order valence-electron chi connectivity index (χ1n) is 5.41. The molecule has 5 nitrogen and oxygen atoms in total. The van der Waals surface area contributed by atoms with Gasteiger partial charge in [0.15, 0.2) is 5.75 Å². The summed E-state index contributed by atoms with van der Waals surface area (Å²) in [7, 11) is 1.52. The van der Waals surface area contributed by atoms with Crippen molar-refractivity contribution < 1.29 is 9.53 Å². The van der Waals surface area contributed by atoms with Crippen LogP contribution in [0.4, 0.5) is 10.7 Å². The summed E-state index contributed by atoms with van der Waals surface area (Å²) < 4.78 is 5.20. The normalized spacial score (nSPS) is 12.5. The Morgan fingerprint density at radius 3 is 2.41 bits per heavy atom. The Morgan fingerprint density at radius 1 is 1.41 bits per heavy atom. The van der Waals surface area contributed by atoms with Gasteiger partial charge in [0.1, 0.15) is 15.6 Å². The summed E-state index contributed by atoms with van der Waals surface area (Å²) >= 11 is 1.23. The average molecular weight is 257 g/mol. The van der Waals surface area contributed by atoms with E-state index in [1.165, 1.54) is 18.4 Å². The molecule has 0 saturated carbocycles. The van der Waals surface area contributed by atoms with Crippen LogP contribution in [-0.4, -0.2) is 19.1 Å². The topological polar surface area (TPSA) is 90.4 Å². The molecular formula is C11H19N3O2S. The highest BCUT2D eigenvalue weighted by molar-refractivity contribution is 7.19. The number of amides is 1. The molecule has 1 rings (SSSR count). The Bertz CT molecular complexity index is 415. The lowest BCUT2D eigenvalue weighted by Crippen LogP contribution is -2.21. The number of hydrogen-bond donors (Lipinski definition) is 3. The third-order valence-electron chi connectivity index (χ3n) is 2.69. The zero-order chi connectivity index (χ0) is 13.2. The molecule has 1 unspecified atom stereocenters. The van der Waals surface area contributed by atoms with Crippen LogP contribution in [0.3, 0.4) is 0 Å². The molecule has 0 aromatic carbocycles. The van der Waals surface area contributed by atoms with Crippen LogP contribution < -0.4 is 21.5 Å². The first kappa shape index (κ1) is 13.6. The van der Waals surface area contributed by atoms with Crippen molar-refractivity contribution in [2.24, 2.45) is 11.7 Å². The number of nitrogens with two attached hydrogens (primary N) is 2. The van der Waals surface area contributed by atoms with Gasteiger partial charge in [-0.15, -0.1) is 11.3 Å². The van der Waals surface area contributed by atoms with E-state index < -0.39 is 5.91 Å². The van der Waals surface area contributed by atoms with Gasteiger partial charge in [-0.05, 0) is 12.8 Å². The van der Waals surface area contributed by atoms with Gasteiger partial charge >= 0.3 is 0 Å². The van der Waals surface area contributed by atoms with E-state index >= 15 is 0 Å². The third kappa shape index (κ3) is 2.82. The van der Waals surface area contributed by atoms with Crippen molar-refractivity contribution >= 4 is 27.9 Å². The molecule has 1 aromatic rings. The van der Waals surface area contributed by atoms with E-state index in [9.17, 15) is 4.79 Å². The van der Waals surface area contributed by atoms with Gasteiger partial charge in [0, 0.05) is 6.04 Å². The molecule has 6 heteroatoms. The van der Waals surface area contributed by atoms with Gasteiger partial charge < -0.3 is 21.5 Å². The van der Waals surface area contributed by atoms with Crippen molar-refractivity contribution in [1.29, 1.82) is 0 Å². The number of rotatable bonds is 5. The maximum atomic E-state index is 11.2. The predicted molar refractivity (Wildman–Crippen MR) is 71.7 cm³/mol. The van der Waals surface area contributed by atoms with Crippen molar-refractivity contribution in [1.82, 2.24) is 0 Å². The number of carbonyl (C=O) groups is 1. The first-order chi connectivity index (χ1) is 7.88. The molecule has 0 saturated heterocycles. The smallest absolute Gasteiger partial charge is 0.261 e. The highest BCUT2D eigenvalue weighted by Crippen LogP contribution is 2.42. The maximum absolute atomic E-state index is 11.2. The number of hydrogen-bond acceptors (Lipinski definition) is 5. The van der Waals surface area contributed by atoms with Crippen molar-refractivity contribution in [3.8, 4) is 5.75 Å². The Labute approximate surface area is 105 Å². The lowest BCUT2D eigenvalue weighted by molar-refractivity contribution is 0.100. The molecule has 0 radical (unpaired) electrons. The molecule has 1 heterocycles. The van der Waals surface area contributed by atoms with E-state index in [4.69, 9.17) is 16.2 Å². The van der Waals surface area contributed by atoms with Crippen LogP contribution in [0.5, 0.6) is 5.75 Å². The molecule has 0 aliphatic heterocycles. The van der Waals surface area contributed by atoms with Crippen molar-refractivity contribution in [3.05, 3.63) is 4.88 Å². The fourth-order valence-electron chi connectivity index (χ4n) is 1.28. The van der Waals surface area contributed by atoms with Crippen molar-refractivity contribution in [2.45, 2.75) is 26.8 Å². The van der Waals surface area contributed by atoms with Gasteiger partial charge in [-0.3, -0.25) is 4.79 Å². The zero-order valence-corrected chi connectivity index (χ0v) is 11.4. The minimum absolute atomic E-state index is 0.252. The molecule has 0 fully saturated rings. The largest absolute Gasteiger partial charge is 0.492 e. The minimum atomic E-state index is -0.531. The highest BCUT2D eigenvalue weighted by atomic mass is 32.1. The summed E-state index contributed by atoms with van der Waals surface area (Å²) in [6.07, 6.45) is 0.